The Morgan fingerprint density at radius 3 is 2.59 bits per heavy atom. The van der Waals surface area contributed by atoms with Crippen molar-refractivity contribution in [1.82, 2.24) is 10.2 Å². The maximum absolute atomic E-state index is 12.5. The quantitative estimate of drug-likeness (QED) is 0.644. The predicted octanol–water partition coefficient (Wildman–Crippen LogP) is 2.40. The fourth-order valence-electron chi connectivity index (χ4n) is 3.85. The SMILES string of the molecule is Cl.NCC1(CC(=O)Nc2cccc(CN3C(=O)CNC3=O)c2)CCCCC1. The van der Waals surface area contributed by atoms with Crippen molar-refractivity contribution < 1.29 is 14.4 Å². The average Bonchev–Trinajstić information content (AvgIpc) is 2.94. The summed E-state index contributed by atoms with van der Waals surface area (Å²) >= 11 is 0. The molecule has 0 bridgehead atoms. The van der Waals surface area contributed by atoms with E-state index < -0.39 is 0 Å². The fraction of sp³-hybridized carbons (Fsp3) is 0.526. The third-order valence-electron chi connectivity index (χ3n) is 5.37. The molecule has 0 radical (unpaired) electrons. The van der Waals surface area contributed by atoms with Gasteiger partial charge in [-0.15, -0.1) is 12.4 Å². The number of hydrogen-bond acceptors (Lipinski definition) is 4. The molecule has 1 aromatic rings. The monoisotopic (exact) mass is 394 g/mol. The normalized spacial score (nSPS) is 18.6. The number of nitrogens with two attached hydrogens (primary N) is 1. The van der Waals surface area contributed by atoms with Crippen molar-refractivity contribution >= 4 is 35.9 Å². The van der Waals surface area contributed by atoms with Crippen LogP contribution < -0.4 is 16.4 Å². The Labute approximate surface area is 165 Å². The number of halogens is 1. The lowest BCUT2D eigenvalue weighted by atomic mass is 9.71. The molecule has 0 unspecified atom stereocenters. The van der Waals surface area contributed by atoms with E-state index >= 15 is 0 Å². The van der Waals surface area contributed by atoms with E-state index in [0.717, 1.165) is 31.2 Å². The third-order valence-corrected chi connectivity index (χ3v) is 5.37. The smallest absolute Gasteiger partial charge is 0.324 e. The topological polar surface area (TPSA) is 105 Å². The van der Waals surface area contributed by atoms with Gasteiger partial charge in [-0.25, -0.2) is 4.79 Å². The second kappa shape index (κ2) is 9.19. The van der Waals surface area contributed by atoms with Crippen LogP contribution in [-0.4, -0.2) is 35.8 Å². The van der Waals surface area contributed by atoms with Crippen LogP contribution >= 0.6 is 12.4 Å². The highest BCUT2D eigenvalue weighted by atomic mass is 35.5. The first-order chi connectivity index (χ1) is 12.5. The van der Waals surface area contributed by atoms with Crippen LogP contribution in [0.4, 0.5) is 10.5 Å². The van der Waals surface area contributed by atoms with E-state index in [1.807, 2.05) is 18.2 Å². The van der Waals surface area contributed by atoms with Crippen LogP contribution in [0.25, 0.3) is 0 Å². The Balaban J connectivity index is 0.00000261. The predicted molar refractivity (Wildman–Crippen MR) is 105 cm³/mol. The minimum Gasteiger partial charge on any atom is -0.330 e. The molecule has 1 aliphatic carbocycles. The van der Waals surface area contributed by atoms with Crippen molar-refractivity contribution in [2.24, 2.45) is 11.1 Å². The van der Waals surface area contributed by atoms with E-state index in [1.165, 1.54) is 11.3 Å². The summed E-state index contributed by atoms with van der Waals surface area (Å²) in [6.07, 6.45) is 5.92. The standard InChI is InChI=1S/C19H26N4O3.ClH/c20-13-19(7-2-1-3-8-19)10-16(24)22-15-6-4-5-14(9-15)12-23-17(25)11-21-18(23)26;/h4-6,9H,1-3,7-8,10-13,20H2,(H,21,26)(H,22,24);1H. The number of nitrogens with zero attached hydrogens (tertiary/aromatic N) is 1. The zero-order chi connectivity index (χ0) is 18.6. The van der Waals surface area contributed by atoms with Crippen LogP contribution in [0.5, 0.6) is 0 Å². The Kier molecular flexibility index (Phi) is 7.21. The van der Waals surface area contributed by atoms with Gasteiger partial charge in [-0.2, -0.15) is 0 Å². The molecule has 4 N–H and O–H groups in total. The van der Waals surface area contributed by atoms with Crippen molar-refractivity contribution in [3.63, 3.8) is 0 Å². The molecule has 4 amide bonds. The molecule has 1 aromatic carbocycles. The molecule has 1 saturated heterocycles. The second-order valence-corrected chi connectivity index (χ2v) is 7.33. The van der Waals surface area contributed by atoms with Crippen molar-refractivity contribution in [1.29, 1.82) is 0 Å². The van der Waals surface area contributed by atoms with Gasteiger partial charge in [0.15, 0.2) is 0 Å². The summed E-state index contributed by atoms with van der Waals surface area (Å²) in [6.45, 7) is 0.768. The van der Waals surface area contributed by atoms with Gasteiger partial charge in [-0.05, 0) is 42.5 Å². The van der Waals surface area contributed by atoms with E-state index in [9.17, 15) is 14.4 Å². The first-order valence-electron chi connectivity index (χ1n) is 9.18. The lowest BCUT2D eigenvalue weighted by Crippen LogP contribution is -2.36. The minimum absolute atomic E-state index is 0. The fourth-order valence-corrected chi connectivity index (χ4v) is 3.85. The van der Waals surface area contributed by atoms with Gasteiger partial charge in [0.1, 0.15) is 0 Å². The highest BCUT2D eigenvalue weighted by Gasteiger charge is 2.33. The zero-order valence-electron chi connectivity index (χ0n) is 15.3. The summed E-state index contributed by atoms with van der Waals surface area (Å²) in [5.41, 5.74) is 7.34. The van der Waals surface area contributed by atoms with Crippen molar-refractivity contribution in [3.05, 3.63) is 29.8 Å². The van der Waals surface area contributed by atoms with E-state index in [0.29, 0.717) is 18.7 Å². The van der Waals surface area contributed by atoms with Crippen molar-refractivity contribution in [2.75, 3.05) is 18.4 Å². The van der Waals surface area contributed by atoms with Crippen molar-refractivity contribution in [3.8, 4) is 0 Å². The molecule has 2 fully saturated rings. The number of hydrogen-bond donors (Lipinski definition) is 3. The summed E-state index contributed by atoms with van der Waals surface area (Å²) in [5.74, 6) is -0.281. The van der Waals surface area contributed by atoms with E-state index in [2.05, 4.69) is 10.6 Å². The molecule has 1 aliphatic heterocycles. The van der Waals surface area contributed by atoms with Gasteiger partial charge in [0.25, 0.3) is 0 Å². The number of imide groups is 1. The van der Waals surface area contributed by atoms with Gasteiger partial charge in [-0.3, -0.25) is 14.5 Å². The number of nitrogens with one attached hydrogen (secondary N) is 2. The van der Waals surface area contributed by atoms with Crippen LogP contribution in [-0.2, 0) is 16.1 Å². The summed E-state index contributed by atoms with van der Waals surface area (Å²) < 4.78 is 0. The van der Waals surface area contributed by atoms with E-state index in [-0.39, 0.29) is 48.8 Å². The van der Waals surface area contributed by atoms with Gasteiger partial charge in [0, 0.05) is 12.1 Å². The largest absolute Gasteiger partial charge is 0.330 e. The molecular weight excluding hydrogens is 368 g/mol. The van der Waals surface area contributed by atoms with Gasteiger partial charge in [-0.1, -0.05) is 31.4 Å². The molecule has 1 saturated carbocycles. The number of benzene rings is 1. The van der Waals surface area contributed by atoms with Crippen LogP contribution in [0.1, 0.15) is 44.1 Å². The first-order valence-corrected chi connectivity index (χ1v) is 9.18. The summed E-state index contributed by atoms with van der Waals surface area (Å²) in [7, 11) is 0. The Morgan fingerprint density at radius 1 is 1.22 bits per heavy atom. The minimum atomic E-state index is -0.383. The van der Waals surface area contributed by atoms with Crippen LogP contribution in [0.15, 0.2) is 24.3 Å². The van der Waals surface area contributed by atoms with Gasteiger partial charge in [0.2, 0.25) is 11.8 Å². The number of carbonyl (C=O) groups excluding carboxylic acids is 3. The van der Waals surface area contributed by atoms with Crippen LogP contribution in [0.3, 0.4) is 0 Å². The maximum atomic E-state index is 12.5. The first kappa shape index (κ1) is 21.2. The third kappa shape index (κ3) is 5.20. The van der Waals surface area contributed by atoms with Crippen LogP contribution in [0, 0.1) is 5.41 Å². The summed E-state index contributed by atoms with van der Waals surface area (Å²) in [4.78, 5) is 37.0. The summed E-state index contributed by atoms with van der Waals surface area (Å²) in [6, 6.07) is 6.86. The summed E-state index contributed by atoms with van der Waals surface area (Å²) in [5, 5.41) is 5.44. The molecule has 8 heteroatoms. The molecule has 148 valence electrons. The average molecular weight is 395 g/mol. The molecule has 1 heterocycles. The van der Waals surface area contributed by atoms with E-state index in [1.54, 1.807) is 6.07 Å². The molecular formula is C19H27ClN4O3. The molecule has 0 aromatic heterocycles. The zero-order valence-corrected chi connectivity index (χ0v) is 16.1. The number of rotatable bonds is 6. The highest BCUT2D eigenvalue weighted by molar-refractivity contribution is 6.01. The number of carbonyl (C=O) groups is 3. The second-order valence-electron chi connectivity index (χ2n) is 7.33. The van der Waals surface area contributed by atoms with Gasteiger partial charge < -0.3 is 16.4 Å². The lowest BCUT2D eigenvalue weighted by Gasteiger charge is -2.35. The lowest BCUT2D eigenvalue weighted by molar-refractivity contribution is -0.125. The molecule has 3 rings (SSSR count). The Bertz CT molecular complexity index is 688. The molecule has 27 heavy (non-hydrogen) atoms. The number of anilines is 1. The van der Waals surface area contributed by atoms with E-state index in [4.69, 9.17) is 5.73 Å². The molecule has 2 aliphatic rings. The van der Waals surface area contributed by atoms with Gasteiger partial charge >= 0.3 is 6.03 Å². The highest BCUT2D eigenvalue weighted by Crippen LogP contribution is 2.38. The number of urea groups is 1. The maximum Gasteiger partial charge on any atom is 0.324 e. The molecule has 0 atom stereocenters. The Hall–Kier alpha value is -2.12. The van der Waals surface area contributed by atoms with Gasteiger partial charge in [0.05, 0.1) is 13.1 Å². The molecule has 7 nitrogen and oxygen atoms in total. The number of amides is 4. The van der Waals surface area contributed by atoms with Crippen molar-refractivity contribution in [2.45, 2.75) is 45.1 Å². The Morgan fingerprint density at radius 2 is 1.96 bits per heavy atom. The molecule has 0 spiro atoms. The van der Waals surface area contributed by atoms with Crippen LogP contribution in [0.2, 0.25) is 0 Å².